The van der Waals surface area contributed by atoms with Crippen LogP contribution in [0.4, 0.5) is 5.82 Å². The Kier molecular flexibility index (Phi) is 5.17. The number of hydrogen-bond donors (Lipinski definition) is 5. The van der Waals surface area contributed by atoms with Gasteiger partial charge < -0.3 is 20.4 Å². The zero-order valence-corrected chi connectivity index (χ0v) is 16.2. The summed E-state index contributed by atoms with van der Waals surface area (Å²) in [5.74, 6) is 1.66. The van der Waals surface area contributed by atoms with Crippen LogP contribution >= 0.6 is 0 Å². The normalized spacial score (nSPS) is 33.8. The fourth-order valence-corrected chi connectivity index (χ4v) is 4.91. The molecule has 5 rings (SSSR count). The van der Waals surface area contributed by atoms with Crippen molar-refractivity contribution in [1.82, 2.24) is 36.7 Å². The first-order valence-electron chi connectivity index (χ1n) is 10.5. The molecule has 0 radical (unpaired) electrons. The fourth-order valence-electron chi connectivity index (χ4n) is 4.91. The Balaban J connectivity index is 1.32. The van der Waals surface area contributed by atoms with E-state index in [1.165, 1.54) is 0 Å². The molecule has 4 unspecified atom stereocenters. The van der Waals surface area contributed by atoms with Gasteiger partial charge in [-0.1, -0.05) is 6.07 Å². The Labute approximate surface area is 165 Å². The number of fused-ring (bicyclic) bond motifs is 1. The number of pyridine rings is 1. The second kappa shape index (κ2) is 7.92. The molecule has 4 aliphatic heterocycles. The maximum absolute atomic E-state index is 12.3. The number of aromatic nitrogens is 1. The topological polar surface area (TPSA) is 96.6 Å². The maximum atomic E-state index is 12.3. The van der Waals surface area contributed by atoms with E-state index in [1.807, 2.05) is 4.90 Å². The first-order chi connectivity index (χ1) is 13.8. The smallest absolute Gasteiger partial charge is 0.237 e. The van der Waals surface area contributed by atoms with Crippen molar-refractivity contribution in [3.05, 3.63) is 23.9 Å². The molecule has 5 N–H and O–H groups in total. The molecule has 0 spiro atoms. The van der Waals surface area contributed by atoms with E-state index in [4.69, 9.17) is 4.98 Å². The van der Waals surface area contributed by atoms with Crippen LogP contribution in [0.15, 0.2) is 18.2 Å². The lowest BCUT2D eigenvalue weighted by Gasteiger charge is -2.42. The first-order valence-corrected chi connectivity index (χ1v) is 10.5. The quantitative estimate of drug-likeness (QED) is 0.423. The highest BCUT2D eigenvalue weighted by atomic mass is 16.2. The summed E-state index contributed by atoms with van der Waals surface area (Å²) < 4.78 is 0. The number of piperazine rings is 2. The predicted molar refractivity (Wildman–Crippen MR) is 107 cm³/mol. The minimum absolute atomic E-state index is 0.108. The van der Waals surface area contributed by atoms with Crippen LogP contribution in [-0.4, -0.2) is 80.4 Å². The van der Waals surface area contributed by atoms with Gasteiger partial charge in [0.05, 0.1) is 24.4 Å². The molecule has 4 aliphatic rings. The second-order valence-corrected chi connectivity index (χ2v) is 8.12. The van der Waals surface area contributed by atoms with Crippen molar-refractivity contribution in [2.24, 2.45) is 5.92 Å². The second-order valence-electron chi connectivity index (χ2n) is 8.12. The van der Waals surface area contributed by atoms with E-state index in [0.717, 1.165) is 63.7 Å². The van der Waals surface area contributed by atoms with Crippen molar-refractivity contribution in [3.63, 3.8) is 0 Å². The van der Waals surface area contributed by atoms with Crippen LogP contribution < -0.4 is 31.7 Å². The van der Waals surface area contributed by atoms with E-state index in [-0.39, 0.29) is 18.1 Å². The van der Waals surface area contributed by atoms with Gasteiger partial charge in [0.1, 0.15) is 5.82 Å². The van der Waals surface area contributed by atoms with E-state index in [0.29, 0.717) is 18.5 Å². The zero-order valence-electron chi connectivity index (χ0n) is 16.2. The summed E-state index contributed by atoms with van der Waals surface area (Å²) in [7, 11) is 0. The number of nitrogens with one attached hydrogen (secondary N) is 5. The van der Waals surface area contributed by atoms with E-state index in [1.54, 1.807) is 0 Å². The lowest BCUT2D eigenvalue weighted by molar-refractivity contribution is -0.136. The van der Waals surface area contributed by atoms with Crippen LogP contribution in [-0.2, 0) is 4.79 Å². The van der Waals surface area contributed by atoms with E-state index in [9.17, 15) is 4.79 Å². The summed E-state index contributed by atoms with van der Waals surface area (Å²) in [5.41, 5.74) is 8.02. The number of rotatable bonds is 3. The number of hydrogen-bond acceptors (Lipinski definition) is 8. The highest BCUT2D eigenvalue weighted by Gasteiger charge is 2.43. The van der Waals surface area contributed by atoms with Gasteiger partial charge >= 0.3 is 0 Å². The molecule has 9 nitrogen and oxygen atoms in total. The summed E-state index contributed by atoms with van der Waals surface area (Å²) >= 11 is 0. The third kappa shape index (κ3) is 3.48. The third-order valence-electron chi connectivity index (χ3n) is 6.46. The van der Waals surface area contributed by atoms with Gasteiger partial charge in [-0.05, 0) is 18.6 Å². The van der Waals surface area contributed by atoms with Crippen LogP contribution in [0.1, 0.15) is 18.2 Å². The van der Waals surface area contributed by atoms with E-state index < -0.39 is 0 Å². The van der Waals surface area contributed by atoms with Gasteiger partial charge in [-0.2, -0.15) is 0 Å². The molecule has 1 aromatic rings. The average molecular weight is 387 g/mol. The molecule has 0 bridgehead atoms. The van der Waals surface area contributed by atoms with Crippen molar-refractivity contribution in [1.29, 1.82) is 0 Å². The van der Waals surface area contributed by atoms with Crippen molar-refractivity contribution >= 4 is 11.7 Å². The average Bonchev–Trinajstić information content (AvgIpc) is 3.18. The largest absolute Gasteiger partial charge is 0.354 e. The molecular weight excluding hydrogens is 356 g/mol. The summed E-state index contributed by atoms with van der Waals surface area (Å²) in [6.45, 7) is 6.94. The number of hydrazine groups is 1. The molecule has 28 heavy (non-hydrogen) atoms. The maximum Gasteiger partial charge on any atom is 0.237 e. The van der Waals surface area contributed by atoms with Gasteiger partial charge in [-0.25, -0.2) is 10.4 Å². The highest BCUT2D eigenvalue weighted by Crippen LogP contribution is 2.34. The number of piperidine rings is 1. The monoisotopic (exact) mass is 386 g/mol. The van der Waals surface area contributed by atoms with E-state index in [2.05, 4.69) is 49.9 Å². The van der Waals surface area contributed by atoms with Crippen molar-refractivity contribution in [2.75, 3.05) is 57.3 Å². The Hall–Kier alpha value is -1.78. The van der Waals surface area contributed by atoms with E-state index >= 15 is 0 Å². The zero-order chi connectivity index (χ0) is 18.9. The lowest BCUT2D eigenvalue weighted by Crippen LogP contribution is -2.61. The molecule has 5 heterocycles. The van der Waals surface area contributed by atoms with Crippen molar-refractivity contribution in [2.45, 2.75) is 24.7 Å². The van der Waals surface area contributed by atoms with Crippen LogP contribution in [0.5, 0.6) is 0 Å². The van der Waals surface area contributed by atoms with Crippen molar-refractivity contribution < 1.29 is 4.79 Å². The molecule has 9 heteroatoms. The molecule has 4 atom stereocenters. The Bertz CT molecular complexity index is 709. The standard InChI is InChI=1S/C19H30N8O/c28-18-12-21-6-9-27(18)17-10-13-15(11-22-17)24-25-19(13)14-2-1-3-16(23-14)26-7-4-20-5-8-26/h1-3,13,15,17,19-22,24-25H,4-12H2. The molecule has 0 saturated carbocycles. The number of anilines is 1. The molecule has 4 fully saturated rings. The number of carbonyl (C=O) groups excluding carboxylic acids is 1. The molecule has 152 valence electrons. The summed E-state index contributed by atoms with van der Waals surface area (Å²) in [4.78, 5) is 21.7. The minimum Gasteiger partial charge on any atom is -0.354 e. The minimum atomic E-state index is 0.108. The highest BCUT2D eigenvalue weighted by molar-refractivity contribution is 5.79. The molecular formula is C19H30N8O. The van der Waals surface area contributed by atoms with Crippen LogP contribution in [0.25, 0.3) is 0 Å². The molecule has 4 saturated heterocycles. The first kappa shape index (κ1) is 18.3. The summed E-state index contributed by atoms with van der Waals surface area (Å²) in [6, 6.07) is 6.87. The molecule has 0 aromatic carbocycles. The summed E-state index contributed by atoms with van der Waals surface area (Å²) in [5, 5.41) is 10.1. The van der Waals surface area contributed by atoms with Gasteiger partial charge in [-0.3, -0.25) is 15.5 Å². The van der Waals surface area contributed by atoms with Gasteiger partial charge in [-0.15, -0.1) is 0 Å². The predicted octanol–water partition coefficient (Wildman–Crippen LogP) is -1.62. The van der Waals surface area contributed by atoms with Crippen molar-refractivity contribution in [3.8, 4) is 0 Å². The number of nitrogens with zero attached hydrogens (tertiary/aromatic N) is 3. The third-order valence-corrected chi connectivity index (χ3v) is 6.46. The van der Waals surface area contributed by atoms with Gasteiger partial charge in [0.15, 0.2) is 0 Å². The lowest BCUT2D eigenvalue weighted by atomic mass is 9.84. The number of carbonyl (C=O) groups is 1. The Morgan fingerprint density at radius 2 is 1.89 bits per heavy atom. The Morgan fingerprint density at radius 3 is 2.75 bits per heavy atom. The van der Waals surface area contributed by atoms with Gasteiger partial charge in [0.25, 0.3) is 0 Å². The number of amides is 1. The summed E-state index contributed by atoms with van der Waals surface area (Å²) in [6.07, 6.45) is 1.04. The van der Waals surface area contributed by atoms with Gasteiger partial charge in [0.2, 0.25) is 5.91 Å². The fraction of sp³-hybridized carbons (Fsp3) is 0.684. The molecule has 1 aromatic heterocycles. The van der Waals surface area contributed by atoms with Crippen LogP contribution in [0, 0.1) is 5.92 Å². The molecule has 1 amide bonds. The van der Waals surface area contributed by atoms with Crippen LogP contribution in [0.2, 0.25) is 0 Å². The Morgan fingerprint density at radius 1 is 1.04 bits per heavy atom. The molecule has 0 aliphatic carbocycles. The SMILES string of the molecule is O=C1CNCCN1C1CC2C(CN1)NNC2c1cccc(N2CCNCC2)n1. The van der Waals surface area contributed by atoms with Gasteiger partial charge in [0, 0.05) is 57.8 Å². The van der Waals surface area contributed by atoms with Crippen LogP contribution in [0.3, 0.4) is 0 Å².